The molecule has 0 bridgehead atoms. The van der Waals surface area contributed by atoms with Gasteiger partial charge < -0.3 is 14.9 Å². The number of pyridine rings is 1. The molecule has 1 aromatic carbocycles. The number of aromatic nitrogens is 2. The van der Waals surface area contributed by atoms with Gasteiger partial charge in [0.1, 0.15) is 0 Å². The minimum Gasteiger partial charge on any atom is -0.394 e. The van der Waals surface area contributed by atoms with Crippen molar-refractivity contribution < 1.29 is 14.4 Å². The zero-order chi connectivity index (χ0) is 17.6. The normalized spacial score (nSPS) is 11.9. The van der Waals surface area contributed by atoms with Gasteiger partial charge in [0.2, 0.25) is 0 Å². The van der Waals surface area contributed by atoms with E-state index in [-0.39, 0.29) is 12.3 Å². The molecule has 0 fully saturated rings. The molecule has 1 amide bonds. The molecule has 0 aliphatic heterocycles. The molecule has 2 heterocycles. The lowest BCUT2D eigenvalue weighted by Gasteiger charge is -2.16. The fourth-order valence-electron chi connectivity index (χ4n) is 2.48. The Morgan fingerprint density at radius 2 is 2.08 bits per heavy atom. The minimum absolute atomic E-state index is 0.155. The SMILES string of the molecule is CCc1ccc(C(CO)NC(=O)c2cc(-c3cccnc3)on2)cc1. The van der Waals surface area contributed by atoms with Crippen LogP contribution in [-0.2, 0) is 6.42 Å². The van der Waals surface area contributed by atoms with Gasteiger partial charge in [0, 0.05) is 24.0 Å². The summed E-state index contributed by atoms with van der Waals surface area (Å²) in [5.41, 5.74) is 2.93. The Bertz CT molecular complexity index is 829. The molecule has 1 unspecified atom stereocenters. The standard InChI is InChI=1S/C19H19N3O3/c1-2-13-5-7-14(8-6-13)17(12-23)21-19(24)16-10-18(25-22-16)15-4-3-9-20-11-15/h3-11,17,23H,2,12H2,1H3,(H,21,24). The molecular formula is C19H19N3O3. The van der Waals surface area contributed by atoms with Crippen LogP contribution in [0.5, 0.6) is 0 Å². The molecular weight excluding hydrogens is 318 g/mol. The number of benzene rings is 1. The number of hydrogen-bond donors (Lipinski definition) is 2. The van der Waals surface area contributed by atoms with Crippen molar-refractivity contribution in [2.24, 2.45) is 0 Å². The summed E-state index contributed by atoms with van der Waals surface area (Å²) in [4.78, 5) is 16.4. The highest BCUT2D eigenvalue weighted by atomic mass is 16.5. The van der Waals surface area contributed by atoms with Gasteiger partial charge >= 0.3 is 0 Å². The maximum atomic E-state index is 12.4. The third-order valence-corrected chi connectivity index (χ3v) is 3.97. The average Bonchev–Trinajstić information content (AvgIpc) is 3.17. The summed E-state index contributed by atoms with van der Waals surface area (Å²) in [5.74, 6) is 0.0589. The van der Waals surface area contributed by atoms with Crippen LogP contribution < -0.4 is 5.32 Å². The highest BCUT2D eigenvalue weighted by Crippen LogP contribution is 2.20. The van der Waals surface area contributed by atoms with Gasteiger partial charge in [-0.15, -0.1) is 0 Å². The van der Waals surface area contributed by atoms with Crippen LogP contribution in [0.4, 0.5) is 0 Å². The van der Waals surface area contributed by atoms with Crippen LogP contribution in [0, 0.1) is 0 Å². The van der Waals surface area contributed by atoms with E-state index >= 15 is 0 Å². The van der Waals surface area contributed by atoms with Crippen LogP contribution >= 0.6 is 0 Å². The van der Waals surface area contributed by atoms with Crippen LogP contribution in [0.1, 0.15) is 34.6 Å². The van der Waals surface area contributed by atoms with Gasteiger partial charge in [-0.25, -0.2) is 0 Å². The van der Waals surface area contributed by atoms with E-state index in [0.29, 0.717) is 5.76 Å². The molecule has 6 nitrogen and oxygen atoms in total. The molecule has 0 radical (unpaired) electrons. The maximum Gasteiger partial charge on any atom is 0.274 e. The second-order valence-electron chi connectivity index (χ2n) is 5.62. The molecule has 0 saturated heterocycles. The van der Waals surface area contributed by atoms with Gasteiger partial charge in [0.15, 0.2) is 11.5 Å². The summed E-state index contributed by atoms with van der Waals surface area (Å²) in [6, 6.07) is 12.4. The lowest BCUT2D eigenvalue weighted by molar-refractivity contribution is 0.0907. The quantitative estimate of drug-likeness (QED) is 0.722. The predicted molar refractivity (Wildman–Crippen MR) is 92.8 cm³/mol. The molecule has 25 heavy (non-hydrogen) atoms. The fourth-order valence-corrected chi connectivity index (χ4v) is 2.48. The summed E-state index contributed by atoms with van der Waals surface area (Å²) >= 11 is 0. The number of aliphatic hydroxyl groups excluding tert-OH is 1. The molecule has 2 aromatic heterocycles. The van der Waals surface area contributed by atoms with E-state index in [2.05, 4.69) is 22.4 Å². The van der Waals surface area contributed by atoms with Crippen molar-refractivity contribution in [3.05, 3.63) is 71.7 Å². The summed E-state index contributed by atoms with van der Waals surface area (Å²) in [6.07, 6.45) is 4.23. The topological polar surface area (TPSA) is 88.2 Å². The molecule has 0 aliphatic rings. The largest absolute Gasteiger partial charge is 0.394 e. The number of carbonyl (C=O) groups is 1. The minimum atomic E-state index is -0.503. The first-order valence-corrected chi connectivity index (χ1v) is 8.09. The Hall–Kier alpha value is -2.99. The molecule has 6 heteroatoms. The number of aryl methyl sites for hydroxylation is 1. The third kappa shape index (κ3) is 3.92. The summed E-state index contributed by atoms with van der Waals surface area (Å²) < 4.78 is 5.21. The van der Waals surface area contributed by atoms with Crippen LogP contribution in [-0.4, -0.2) is 27.8 Å². The predicted octanol–water partition coefficient (Wildman–Crippen LogP) is 2.76. The van der Waals surface area contributed by atoms with E-state index in [1.807, 2.05) is 30.3 Å². The van der Waals surface area contributed by atoms with Crippen LogP contribution in [0.2, 0.25) is 0 Å². The number of hydrogen-bond acceptors (Lipinski definition) is 5. The lowest BCUT2D eigenvalue weighted by atomic mass is 10.0. The molecule has 0 spiro atoms. The molecule has 3 aromatic rings. The highest BCUT2D eigenvalue weighted by molar-refractivity contribution is 5.93. The number of aliphatic hydroxyl groups is 1. The number of nitrogens with zero attached hydrogens (tertiary/aromatic N) is 2. The Kier molecular flexibility index (Phi) is 5.20. The van der Waals surface area contributed by atoms with E-state index in [0.717, 1.165) is 17.5 Å². The Morgan fingerprint density at radius 1 is 1.28 bits per heavy atom. The number of carbonyl (C=O) groups excluding carboxylic acids is 1. The summed E-state index contributed by atoms with van der Waals surface area (Å²) in [5, 5.41) is 16.2. The van der Waals surface area contributed by atoms with Crippen molar-refractivity contribution >= 4 is 5.91 Å². The molecule has 128 valence electrons. The molecule has 0 aliphatic carbocycles. The van der Waals surface area contributed by atoms with Gasteiger partial charge in [0.25, 0.3) is 5.91 Å². The van der Waals surface area contributed by atoms with Crippen LogP contribution in [0.25, 0.3) is 11.3 Å². The van der Waals surface area contributed by atoms with Crippen molar-refractivity contribution in [3.8, 4) is 11.3 Å². The second-order valence-corrected chi connectivity index (χ2v) is 5.62. The van der Waals surface area contributed by atoms with E-state index < -0.39 is 11.9 Å². The first kappa shape index (κ1) is 16.9. The Morgan fingerprint density at radius 3 is 2.72 bits per heavy atom. The first-order chi connectivity index (χ1) is 12.2. The van der Waals surface area contributed by atoms with Crippen LogP contribution in [0.3, 0.4) is 0 Å². The van der Waals surface area contributed by atoms with Gasteiger partial charge in [-0.05, 0) is 29.7 Å². The van der Waals surface area contributed by atoms with Crippen molar-refractivity contribution in [1.82, 2.24) is 15.5 Å². The van der Waals surface area contributed by atoms with Crippen LogP contribution in [0.15, 0.2) is 59.4 Å². The highest BCUT2D eigenvalue weighted by Gasteiger charge is 2.18. The molecule has 3 rings (SSSR count). The van der Waals surface area contributed by atoms with Gasteiger partial charge in [-0.3, -0.25) is 9.78 Å². The average molecular weight is 337 g/mol. The zero-order valence-electron chi connectivity index (χ0n) is 13.8. The third-order valence-electron chi connectivity index (χ3n) is 3.97. The smallest absolute Gasteiger partial charge is 0.274 e. The van der Waals surface area contributed by atoms with Crippen molar-refractivity contribution in [2.45, 2.75) is 19.4 Å². The van der Waals surface area contributed by atoms with Crippen molar-refractivity contribution in [1.29, 1.82) is 0 Å². The summed E-state index contributed by atoms with van der Waals surface area (Å²) in [6.45, 7) is 1.87. The van der Waals surface area contributed by atoms with Crippen molar-refractivity contribution in [2.75, 3.05) is 6.61 Å². The number of amides is 1. The Labute approximate surface area is 145 Å². The van der Waals surface area contributed by atoms with Crippen molar-refractivity contribution in [3.63, 3.8) is 0 Å². The number of nitrogens with one attached hydrogen (secondary N) is 1. The van der Waals surface area contributed by atoms with E-state index in [9.17, 15) is 9.90 Å². The molecule has 2 N–H and O–H groups in total. The maximum absolute atomic E-state index is 12.4. The second kappa shape index (κ2) is 7.72. The van der Waals surface area contributed by atoms with Gasteiger partial charge in [-0.2, -0.15) is 0 Å². The van der Waals surface area contributed by atoms with E-state index in [1.165, 1.54) is 5.56 Å². The summed E-state index contributed by atoms with van der Waals surface area (Å²) in [7, 11) is 0. The molecule has 0 saturated carbocycles. The zero-order valence-corrected chi connectivity index (χ0v) is 13.8. The van der Waals surface area contributed by atoms with Gasteiger partial charge in [0.05, 0.1) is 12.6 Å². The molecule has 1 atom stereocenters. The monoisotopic (exact) mass is 337 g/mol. The Balaban J connectivity index is 1.73. The van der Waals surface area contributed by atoms with E-state index in [1.54, 1.807) is 24.5 Å². The van der Waals surface area contributed by atoms with E-state index in [4.69, 9.17) is 4.52 Å². The fraction of sp³-hybridized carbons (Fsp3) is 0.211. The number of rotatable bonds is 6. The first-order valence-electron chi connectivity index (χ1n) is 8.09. The van der Waals surface area contributed by atoms with Gasteiger partial charge in [-0.1, -0.05) is 36.3 Å². The lowest BCUT2D eigenvalue weighted by Crippen LogP contribution is -2.31.